The molecule has 0 aliphatic heterocycles. The minimum absolute atomic E-state index is 0.0197. The second-order valence-corrected chi connectivity index (χ2v) is 2.42. The lowest BCUT2D eigenvalue weighted by molar-refractivity contribution is 0.141. The molecule has 4 nitrogen and oxygen atoms in total. The monoisotopic (exact) mass is 199 g/mol. The van der Waals surface area contributed by atoms with E-state index >= 15 is 0 Å². The number of hydrogen-bond donors (Lipinski definition) is 1. The van der Waals surface area contributed by atoms with Gasteiger partial charge in [-0.15, -0.1) is 0 Å². The summed E-state index contributed by atoms with van der Waals surface area (Å²) >= 11 is 0. The predicted octanol–water partition coefficient (Wildman–Crippen LogP) is 1.48. The van der Waals surface area contributed by atoms with Gasteiger partial charge in [-0.25, -0.2) is 13.8 Å². The van der Waals surface area contributed by atoms with Crippen LogP contribution in [0.3, 0.4) is 0 Å². The van der Waals surface area contributed by atoms with Crippen LogP contribution in [0.25, 0.3) is 0 Å². The Morgan fingerprint density at radius 3 is 2.71 bits per heavy atom. The van der Waals surface area contributed by atoms with Crippen molar-refractivity contribution in [1.29, 1.82) is 5.26 Å². The number of nitriles is 1. The molecule has 2 N–H and O–H groups in total. The van der Waals surface area contributed by atoms with Gasteiger partial charge in [0.05, 0.1) is 12.7 Å². The number of anilines is 1. The maximum Gasteiger partial charge on any atom is 0.284 e. The molecule has 0 atom stereocenters. The van der Waals surface area contributed by atoms with Gasteiger partial charge in [-0.2, -0.15) is 5.26 Å². The standard InChI is InChI=1S/C8H7F2N3O/c1-14-5-2-4(3-11)8(12)13-6(5)7(9)10/h2,7H,1H3,(H2,12,13). The lowest BCUT2D eigenvalue weighted by Gasteiger charge is -2.08. The number of nitrogens with two attached hydrogens (primary N) is 1. The van der Waals surface area contributed by atoms with Crippen LogP contribution in [0.4, 0.5) is 14.6 Å². The Morgan fingerprint density at radius 2 is 2.29 bits per heavy atom. The Labute approximate surface area is 78.9 Å². The van der Waals surface area contributed by atoms with Gasteiger partial charge in [0.1, 0.15) is 17.6 Å². The van der Waals surface area contributed by atoms with Crippen molar-refractivity contribution >= 4 is 5.82 Å². The van der Waals surface area contributed by atoms with Crippen LogP contribution in [0, 0.1) is 11.3 Å². The molecule has 0 spiro atoms. The molecule has 14 heavy (non-hydrogen) atoms. The van der Waals surface area contributed by atoms with Crippen molar-refractivity contribution in [3.8, 4) is 11.8 Å². The van der Waals surface area contributed by atoms with Crippen LogP contribution in [-0.2, 0) is 0 Å². The number of hydrogen-bond acceptors (Lipinski definition) is 4. The third kappa shape index (κ3) is 1.71. The number of halogens is 2. The van der Waals surface area contributed by atoms with Gasteiger partial charge in [0.2, 0.25) is 0 Å². The molecular formula is C8H7F2N3O. The average Bonchev–Trinajstić information content (AvgIpc) is 2.17. The molecule has 0 aromatic carbocycles. The van der Waals surface area contributed by atoms with Crippen LogP contribution in [0.15, 0.2) is 6.07 Å². The van der Waals surface area contributed by atoms with Gasteiger partial charge in [-0.1, -0.05) is 0 Å². The maximum absolute atomic E-state index is 12.3. The van der Waals surface area contributed by atoms with Crippen LogP contribution in [0.1, 0.15) is 17.7 Å². The van der Waals surface area contributed by atoms with Crippen LogP contribution in [-0.4, -0.2) is 12.1 Å². The number of nitrogens with zero attached hydrogens (tertiary/aromatic N) is 2. The van der Waals surface area contributed by atoms with Gasteiger partial charge in [-0.05, 0) is 0 Å². The SMILES string of the molecule is COc1cc(C#N)c(N)nc1C(F)F. The number of nitrogen functional groups attached to an aromatic ring is 1. The molecule has 0 radical (unpaired) electrons. The van der Waals surface area contributed by atoms with Crippen LogP contribution in [0.5, 0.6) is 5.75 Å². The second-order valence-electron chi connectivity index (χ2n) is 2.42. The molecule has 74 valence electrons. The molecule has 6 heteroatoms. The Kier molecular flexibility index (Phi) is 2.82. The van der Waals surface area contributed by atoms with Crippen molar-refractivity contribution in [1.82, 2.24) is 4.98 Å². The molecule has 0 amide bonds. The smallest absolute Gasteiger partial charge is 0.284 e. The van der Waals surface area contributed by atoms with Crippen LogP contribution < -0.4 is 10.5 Å². The van der Waals surface area contributed by atoms with E-state index in [1.807, 2.05) is 0 Å². The lowest BCUT2D eigenvalue weighted by Crippen LogP contribution is -2.02. The first-order valence-corrected chi connectivity index (χ1v) is 3.62. The Hall–Kier alpha value is -1.90. The highest BCUT2D eigenvalue weighted by atomic mass is 19.3. The van der Waals surface area contributed by atoms with Crippen molar-refractivity contribution in [3.63, 3.8) is 0 Å². The molecule has 1 aromatic rings. The van der Waals surface area contributed by atoms with Crippen molar-refractivity contribution in [2.75, 3.05) is 12.8 Å². The number of alkyl halides is 2. The van der Waals surface area contributed by atoms with E-state index in [9.17, 15) is 8.78 Å². The Balaban J connectivity index is 3.33. The van der Waals surface area contributed by atoms with Crippen molar-refractivity contribution in [3.05, 3.63) is 17.3 Å². The molecule has 0 bridgehead atoms. The molecule has 0 fully saturated rings. The fraction of sp³-hybridized carbons (Fsp3) is 0.250. The third-order valence-electron chi connectivity index (χ3n) is 1.59. The third-order valence-corrected chi connectivity index (χ3v) is 1.59. The second kappa shape index (κ2) is 3.87. The fourth-order valence-corrected chi connectivity index (χ4v) is 0.933. The highest BCUT2D eigenvalue weighted by Gasteiger charge is 2.18. The summed E-state index contributed by atoms with van der Waals surface area (Å²) in [5.41, 5.74) is 4.74. The number of ether oxygens (including phenoxy) is 1. The fourth-order valence-electron chi connectivity index (χ4n) is 0.933. The number of methoxy groups -OCH3 is 1. The van der Waals surface area contributed by atoms with E-state index in [-0.39, 0.29) is 17.1 Å². The number of aromatic nitrogens is 1. The van der Waals surface area contributed by atoms with E-state index in [1.54, 1.807) is 6.07 Å². The van der Waals surface area contributed by atoms with Gasteiger partial charge in [0, 0.05) is 6.07 Å². The van der Waals surface area contributed by atoms with Crippen molar-refractivity contribution in [2.45, 2.75) is 6.43 Å². The van der Waals surface area contributed by atoms with E-state index < -0.39 is 12.1 Å². The van der Waals surface area contributed by atoms with E-state index in [0.29, 0.717) is 0 Å². The molecule has 0 aliphatic carbocycles. The molecule has 0 unspecified atom stereocenters. The Morgan fingerprint density at radius 1 is 1.64 bits per heavy atom. The molecule has 0 aliphatic rings. The summed E-state index contributed by atoms with van der Waals surface area (Å²) in [6.07, 6.45) is -2.78. The van der Waals surface area contributed by atoms with Crippen LogP contribution >= 0.6 is 0 Å². The van der Waals surface area contributed by atoms with E-state index in [0.717, 1.165) is 6.07 Å². The summed E-state index contributed by atoms with van der Waals surface area (Å²) < 4.78 is 29.4. The highest BCUT2D eigenvalue weighted by molar-refractivity contribution is 5.53. The zero-order valence-corrected chi connectivity index (χ0v) is 7.29. The van der Waals surface area contributed by atoms with Gasteiger partial charge >= 0.3 is 0 Å². The first-order chi connectivity index (χ1) is 6.60. The Bertz CT molecular complexity index is 387. The molecule has 0 saturated heterocycles. The van der Waals surface area contributed by atoms with Crippen molar-refractivity contribution in [2.24, 2.45) is 0 Å². The van der Waals surface area contributed by atoms with Crippen molar-refractivity contribution < 1.29 is 13.5 Å². The van der Waals surface area contributed by atoms with E-state index in [1.165, 1.54) is 7.11 Å². The highest BCUT2D eigenvalue weighted by Crippen LogP contribution is 2.29. The molecule has 1 heterocycles. The van der Waals surface area contributed by atoms with Gasteiger partial charge in [-0.3, -0.25) is 0 Å². The first-order valence-electron chi connectivity index (χ1n) is 3.62. The zero-order valence-electron chi connectivity index (χ0n) is 7.29. The van der Waals surface area contributed by atoms with E-state index in [2.05, 4.69) is 9.72 Å². The summed E-state index contributed by atoms with van der Waals surface area (Å²) in [4.78, 5) is 3.39. The molecule has 1 aromatic heterocycles. The van der Waals surface area contributed by atoms with Gasteiger partial charge in [0.25, 0.3) is 6.43 Å². The average molecular weight is 199 g/mol. The van der Waals surface area contributed by atoms with E-state index in [4.69, 9.17) is 11.0 Å². The minimum Gasteiger partial charge on any atom is -0.495 e. The molecule has 1 rings (SSSR count). The zero-order chi connectivity index (χ0) is 10.7. The quantitative estimate of drug-likeness (QED) is 0.782. The summed E-state index contributed by atoms with van der Waals surface area (Å²) in [6.45, 7) is 0. The summed E-state index contributed by atoms with van der Waals surface area (Å²) in [5, 5.41) is 8.55. The minimum atomic E-state index is -2.78. The number of pyridine rings is 1. The lowest BCUT2D eigenvalue weighted by atomic mass is 10.2. The number of rotatable bonds is 2. The largest absolute Gasteiger partial charge is 0.495 e. The summed E-state index contributed by atoms with van der Waals surface area (Å²) in [7, 11) is 1.22. The maximum atomic E-state index is 12.3. The van der Waals surface area contributed by atoms with Crippen LogP contribution in [0.2, 0.25) is 0 Å². The predicted molar refractivity (Wildman–Crippen MR) is 44.9 cm³/mol. The summed E-state index contributed by atoms with van der Waals surface area (Å²) in [6, 6.07) is 2.87. The van der Waals surface area contributed by atoms with Gasteiger partial charge < -0.3 is 10.5 Å². The summed E-state index contributed by atoms with van der Waals surface area (Å²) in [5.74, 6) is -0.352. The first kappa shape index (κ1) is 10.2. The molecule has 0 saturated carbocycles. The topological polar surface area (TPSA) is 71.9 Å². The normalized spacial score (nSPS) is 9.93. The van der Waals surface area contributed by atoms with Gasteiger partial charge in [0.15, 0.2) is 5.69 Å². The molecular weight excluding hydrogens is 192 g/mol.